The molecule has 0 saturated carbocycles. The van der Waals surface area contributed by atoms with Crippen LogP contribution in [-0.2, 0) is 6.61 Å². The van der Waals surface area contributed by atoms with Gasteiger partial charge in [0.05, 0.1) is 13.1 Å². The van der Waals surface area contributed by atoms with Crippen LogP contribution >= 0.6 is 0 Å². The minimum atomic E-state index is -1.24. The molecule has 0 heterocycles. The number of carboxylic acid groups (broad SMARTS) is 1. The highest BCUT2D eigenvalue weighted by Crippen LogP contribution is 2.28. The molecular weight excluding hydrogens is 244 g/mol. The molecule has 0 aliphatic carbocycles. The van der Waals surface area contributed by atoms with Crippen LogP contribution in [0.15, 0.2) is 48.5 Å². The van der Waals surface area contributed by atoms with Crippen LogP contribution in [0.4, 0.5) is 0 Å². The van der Waals surface area contributed by atoms with Crippen LogP contribution in [0.3, 0.4) is 0 Å². The molecule has 0 saturated heterocycles. The average molecular weight is 257 g/mol. The lowest BCUT2D eigenvalue weighted by Crippen LogP contribution is -2.22. The zero-order chi connectivity index (χ0) is 13.7. The first kappa shape index (κ1) is 13.0. The van der Waals surface area contributed by atoms with Crippen molar-refractivity contribution in [2.45, 2.75) is 6.61 Å². The van der Waals surface area contributed by atoms with Gasteiger partial charge in [0.25, 0.3) is 0 Å². The largest absolute Gasteiger partial charge is 0.545 e. The summed E-state index contributed by atoms with van der Waals surface area (Å²) >= 11 is 0. The fourth-order valence-corrected chi connectivity index (χ4v) is 1.65. The molecule has 4 heteroatoms. The monoisotopic (exact) mass is 257 g/mol. The summed E-state index contributed by atoms with van der Waals surface area (Å²) in [5, 5.41) is 10.8. The minimum absolute atomic E-state index is 0.0591. The molecule has 0 unspecified atom stereocenters. The van der Waals surface area contributed by atoms with Crippen LogP contribution in [0.25, 0.3) is 0 Å². The van der Waals surface area contributed by atoms with Gasteiger partial charge in [-0.2, -0.15) is 0 Å². The molecular formula is C15H13O4-. The number of benzene rings is 2. The first-order chi connectivity index (χ1) is 9.20. The third-order valence-corrected chi connectivity index (χ3v) is 2.64. The Morgan fingerprint density at radius 1 is 1.11 bits per heavy atom. The van der Waals surface area contributed by atoms with Crippen LogP contribution in [0.5, 0.6) is 11.5 Å². The van der Waals surface area contributed by atoms with Gasteiger partial charge < -0.3 is 19.4 Å². The fraction of sp³-hybridized carbons (Fsp3) is 0.133. The summed E-state index contributed by atoms with van der Waals surface area (Å²) < 4.78 is 10.7. The van der Waals surface area contributed by atoms with Crippen LogP contribution < -0.4 is 14.6 Å². The van der Waals surface area contributed by atoms with Gasteiger partial charge in [0, 0.05) is 5.56 Å². The quantitative estimate of drug-likeness (QED) is 0.817. The maximum Gasteiger partial charge on any atom is 0.162 e. The standard InChI is InChI=1S/C15H14O4/c1-18-13-8-7-12(15(16)17)9-14(13)19-10-11-5-3-2-4-6-11/h2-9H,10H2,1H3,(H,16,17)/p-1. The molecule has 0 radical (unpaired) electrons. The number of carbonyl (C=O) groups excluding carboxylic acids is 1. The SMILES string of the molecule is COc1ccc(C(=O)[O-])cc1OCc1ccccc1. The number of carbonyl (C=O) groups is 1. The molecule has 0 aromatic heterocycles. The Kier molecular flexibility index (Phi) is 4.03. The van der Waals surface area contributed by atoms with E-state index in [9.17, 15) is 9.90 Å². The number of hydrogen-bond donors (Lipinski definition) is 0. The van der Waals surface area contributed by atoms with E-state index in [0.29, 0.717) is 18.1 Å². The smallest absolute Gasteiger partial charge is 0.162 e. The van der Waals surface area contributed by atoms with E-state index in [1.165, 1.54) is 19.2 Å². The van der Waals surface area contributed by atoms with Gasteiger partial charge >= 0.3 is 0 Å². The van der Waals surface area contributed by atoms with Gasteiger partial charge in [0.1, 0.15) is 6.61 Å². The molecule has 19 heavy (non-hydrogen) atoms. The zero-order valence-electron chi connectivity index (χ0n) is 10.5. The molecule has 0 N–H and O–H groups in total. The van der Waals surface area contributed by atoms with E-state index in [0.717, 1.165) is 5.56 Å². The topological polar surface area (TPSA) is 58.6 Å². The number of hydrogen-bond acceptors (Lipinski definition) is 4. The van der Waals surface area contributed by atoms with Crippen molar-refractivity contribution in [2.24, 2.45) is 0 Å². The van der Waals surface area contributed by atoms with Gasteiger partial charge in [-0.05, 0) is 23.8 Å². The Hall–Kier alpha value is -2.49. The van der Waals surface area contributed by atoms with E-state index >= 15 is 0 Å². The fourth-order valence-electron chi connectivity index (χ4n) is 1.65. The lowest BCUT2D eigenvalue weighted by atomic mass is 10.2. The highest BCUT2D eigenvalue weighted by molar-refractivity contribution is 5.86. The van der Waals surface area contributed by atoms with Gasteiger partial charge in [-0.25, -0.2) is 0 Å². The van der Waals surface area contributed by atoms with Crippen molar-refractivity contribution in [1.29, 1.82) is 0 Å². The Morgan fingerprint density at radius 3 is 2.47 bits per heavy atom. The zero-order valence-corrected chi connectivity index (χ0v) is 10.5. The van der Waals surface area contributed by atoms with Crippen LogP contribution in [0.2, 0.25) is 0 Å². The van der Waals surface area contributed by atoms with Gasteiger partial charge in [-0.3, -0.25) is 0 Å². The molecule has 2 aromatic carbocycles. The summed E-state index contributed by atoms with van der Waals surface area (Å²) in [5.74, 6) is -0.374. The van der Waals surface area contributed by atoms with E-state index in [1.807, 2.05) is 30.3 Å². The maximum atomic E-state index is 10.8. The Bertz CT molecular complexity index is 564. The predicted molar refractivity (Wildman–Crippen MR) is 68.1 cm³/mol. The number of carboxylic acids is 1. The Labute approximate surface area is 111 Å². The summed E-state index contributed by atoms with van der Waals surface area (Å²) in [7, 11) is 1.50. The van der Waals surface area contributed by atoms with E-state index in [-0.39, 0.29) is 5.56 Å². The summed E-state index contributed by atoms with van der Waals surface area (Å²) in [6.45, 7) is 0.341. The molecule has 0 amide bonds. The molecule has 2 rings (SSSR count). The van der Waals surface area contributed by atoms with Crippen molar-refractivity contribution in [2.75, 3.05) is 7.11 Å². The van der Waals surface area contributed by atoms with Crippen LogP contribution in [0.1, 0.15) is 15.9 Å². The Morgan fingerprint density at radius 2 is 1.84 bits per heavy atom. The number of aromatic carboxylic acids is 1. The molecule has 0 spiro atoms. The predicted octanol–water partition coefficient (Wildman–Crippen LogP) is 1.64. The molecule has 0 aliphatic rings. The molecule has 0 aliphatic heterocycles. The summed E-state index contributed by atoms with van der Waals surface area (Å²) in [4.78, 5) is 10.8. The molecule has 2 aromatic rings. The van der Waals surface area contributed by atoms with Crippen molar-refractivity contribution < 1.29 is 19.4 Å². The number of ether oxygens (including phenoxy) is 2. The van der Waals surface area contributed by atoms with Crippen LogP contribution in [-0.4, -0.2) is 13.1 Å². The first-order valence-electron chi connectivity index (χ1n) is 5.77. The lowest BCUT2D eigenvalue weighted by molar-refractivity contribution is -0.255. The lowest BCUT2D eigenvalue weighted by Gasteiger charge is -2.12. The highest BCUT2D eigenvalue weighted by Gasteiger charge is 2.06. The average Bonchev–Trinajstić information content (AvgIpc) is 2.45. The normalized spacial score (nSPS) is 9.95. The minimum Gasteiger partial charge on any atom is -0.545 e. The van der Waals surface area contributed by atoms with Gasteiger partial charge in [0.2, 0.25) is 0 Å². The summed E-state index contributed by atoms with van der Waals surface area (Å²) in [6.07, 6.45) is 0. The third kappa shape index (κ3) is 3.25. The van der Waals surface area contributed by atoms with Crippen molar-refractivity contribution >= 4 is 5.97 Å². The maximum absolute atomic E-state index is 10.8. The van der Waals surface area contributed by atoms with Gasteiger partial charge in [-0.15, -0.1) is 0 Å². The van der Waals surface area contributed by atoms with Crippen molar-refractivity contribution in [3.05, 3.63) is 59.7 Å². The van der Waals surface area contributed by atoms with E-state index in [2.05, 4.69) is 0 Å². The molecule has 98 valence electrons. The second-order valence-electron chi connectivity index (χ2n) is 3.93. The second-order valence-corrected chi connectivity index (χ2v) is 3.93. The number of methoxy groups -OCH3 is 1. The van der Waals surface area contributed by atoms with Crippen molar-refractivity contribution in [1.82, 2.24) is 0 Å². The summed E-state index contributed by atoms with van der Waals surface area (Å²) in [6, 6.07) is 14.0. The second kappa shape index (κ2) is 5.91. The Balaban J connectivity index is 2.18. The van der Waals surface area contributed by atoms with Crippen molar-refractivity contribution in [3.8, 4) is 11.5 Å². The molecule has 0 fully saturated rings. The molecule has 4 nitrogen and oxygen atoms in total. The van der Waals surface area contributed by atoms with Crippen molar-refractivity contribution in [3.63, 3.8) is 0 Å². The third-order valence-electron chi connectivity index (χ3n) is 2.64. The first-order valence-corrected chi connectivity index (χ1v) is 5.77. The van der Waals surface area contributed by atoms with Gasteiger partial charge in [0.15, 0.2) is 11.5 Å². The molecule has 0 bridgehead atoms. The highest BCUT2D eigenvalue weighted by atomic mass is 16.5. The number of rotatable bonds is 5. The van der Waals surface area contributed by atoms with Gasteiger partial charge in [-0.1, -0.05) is 30.3 Å². The van der Waals surface area contributed by atoms with E-state index in [1.54, 1.807) is 6.07 Å². The van der Waals surface area contributed by atoms with Crippen LogP contribution in [0, 0.1) is 0 Å². The molecule has 0 atom stereocenters. The summed E-state index contributed by atoms with van der Waals surface area (Å²) in [5.41, 5.74) is 1.05. The van der Waals surface area contributed by atoms with E-state index < -0.39 is 5.97 Å². The van der Waals surface area contributed by atoms with E-state index in [4.69, 9.17) is 9.47 Å².